The molecule has 0 aliphatic heterocycles. The molecule has 0 aliphatic rings. The van der Waals surface area contributed by atoms with Gasteiger partial charge in [-0.15, -0.1) is 0 Å². The summed E-state index contributed by atoms with van der Waals surface area (Å²) in [5.41, 5.74) is 2.96. The molecule has 1 amide bonds. The number of aliphatic hydroxyl groups excluding tert-OH is 1. The van der Waals surface area contributed by atoms with Crippen LogP contribution in [0.15, 0.2) is 60.9 Å². The van der Waals surface area contributed by atoms with Crippen molar-refractivity contribution in [1.82, 2.24) is 20.5 Å². The summed E-state index contributed by atoms with van der Waals surface area (Å²) in [6.45, 7) is -0.133. The Morgan fingerprint density at radius 1 is 1.17 bits per heavy atom. The number of pyridine rings is 1. The largest absolute Gasteiger partial charge is 0.394 e. The van der Waals surface area contributed by atoms with Crippen molar-refractivity contribution in [3.05, 3.63) is 72.2 Å². The number of carbonyl (C=O) groups is 1. The second-order valence-corrected chi connectivity index (χ2v) is 5.45. The second-order valence-electron chi connectivity index (χ2n) is 5.45. The zero-order chi connectivity index (χ0) is 16.8. The van der Waals surface area contributed by atoms with Crippen LogP contribution >= 0.6 is 0 Å². The van der Waals surface area contributed by atoms with Crippen molar-refractivity contribution in [1.29, 1.82) is 0 Å². The van der Waals surface area contributed by atoms with Gasteiger partial charge in [0.15, 0.2) is 0 Å². The van der Waals surface area contributed by atoms with Crippen LogP contribution in [0.3, 0.4) is 0 Å². The van der Waals surface area contributed by atoms with Crippen LogP contribution in [0.1, 0.15) is 16.1 Å². The standard InChI is InChI=1S/C18H18N4O2/c23-12-15(10-13-4-2-1-3-5-13)20-18(24)17-11-16(21-22-17)14-6-8-19-9-7-14/h1-9,11,15,23H,10,12H2,(H,20,24)(H,21,22). The third-order valence-corrected chi connectivity index (χ3v) is 3.68. The number of H-pyrrole nitrogens is 1. The monoisotopic (exact) mass is 322 g/mol. The van der Waals surface area contributed by atoms with E-state index in [-0.39, 0.29) is 18.6 Å². The average molecular weight is 322 g/mol. The molecule has 6 heteroatoms. The maximum atomic E-state index is 12.3. The van der Waals surface area contributed by atoms with Crippen LogP contribution in [-0.2, 0) is 6.42 Å². The van der Waals surface area contributed by atoms with Crippen LogP contribution in [0.4, 0.5) is 0 Å². The van der Waals surface area contributed by atoms with Crippen LogP contribution in [0, 0.1) is 0 Å². The highest BCUT2D eigenvalue weighted by Crippen LogP contribution is 2.16. The minimum atomic E-state index is -0.354. The summed E-state index contributed by atoms with van der Waals surface area (Å²) in [5, 5.41) is 19.2. The van der Waals surface area contributed by atoms with Crippen molar-refractivity contribution in [2.24, 2.45) is 0 Å². The molecule has 0 fully saturated rings. The third kappa shape index (κ3) is 3.85. The molecule has 1 atom stereocenters. The van der Waals surface area contributed by atoms with Gasteiger partial charge in [-0.2, -0.15) is 5.10 Å². The molecule has 1 aromatic carbocycles. The molecule has 24 heavy (non-hydrogen) atoms. The number of hydrogen-bond donors (Lipinski definition) is 3. The molecular weight excluding hydrogens is 304 g/mol. The fourth-order valence-electron chi connectivity index (χ4n) is 2.43. The summed E-state index contributed by atoms with van der Waals surface area (Å²) < 4.78 is 0. The van der Waals surface area contributed by atoms with Crippen molar-refractivity contribution >= 4 is 5.91 Å². The summed E-state index contributed by atoms with van der Waals surface area (Å²) >= 11 is 0. The van der Waals surface area contributed by atoms with E-state index >= 15 is 0 Å². The molecule has 2 heterocycles. The minimum absolute atomic E-state index is 0.133. The van der Waals surface area contributed by atoms with Crippen molar-refractivity contribution in [3.8, 4) is 11.3 Å². The van der Waals surface area contributed by atoms with E-state index in [0.29, 0.717) is 17.8 Å². The van der Waals surface area contributed by atoms with Crippen LogP contribution in [0.25, 0.3) is 11.3 Å². The number of carbonyl (C=O) groups excluding carboxylic acids is 1. The predicted octanol–water partition coefficient (Wildman–Crippen LogP) is 1.81. The second kappa shape index (κ2) is 7.52. The van der Waals surface area contributed by atoms with Gasteiger partial charge < -0.3 is 10.4 Å². The van der Waals surface area contributed by atoms with Crippen molar-refractivity contribution in [2.75, 3.05) is 6.61 Å². The van der Waals surface area contributed by atoms with E-state index < -0.39 is 0 Å². The lowest BCUT2D eigenvalue weighted by molar-refractivity contribution is 0.0911. The van der Waals surface area contributed by atoms with Gasteiger partial charge in [0.1, 0.15) is 5.69 Å². The summed E-state index contributed by atoms with van der Waals surface area (Å²) in [6, 6.07) is 14.7. The predicted molar refractivity (Wildman–Crippen MR) is 90.3 cm³/mol. The van der Waals surface area contributed by atoms with Gasteiger partial charge in [-0.25, -0.2) is 0 Å². The maximum Gasteiger partial charge on any atom is 0.269 e. The highest BCUT2D eigenvalue weighted by atomic mass is 16.3. The first kappa shape index (κ1) is 15.9. The Balaban J connectivity index is 1.67. The van der Waals surface area contributed by atoms with E-state index in [0.717, 1.165) is 11.1 Å². The highest BCUT2D eigenvalue weighted by Gasteiger charge is 2.16. The Kier molecular flexibility index (Phi) is 4.98. The molecule has 0 spiro atoms. The molecule has 2 aromatic heterocycles. The van der Waals surface area contributed by atoms with Crippen molar-refractivity contribution in [2.45, 2.75) is 12.5 Å². The summed E-state index contributed by atoms with van der Waals surface area (Å²) in [7, 11) is 0. The maximum absolute atomic E-state index is 12.3. The molecule has 3 rings (SSSR count). The van der Waals surface area contributed by atoms with Crippen LogP contribution in [0.5, 0.6) is 0 Å². The smallest absolute Gasteiger partial charge is 0.269 e. The molecule has 6 nitrogen and oxygen atoms in total. The molecule has 122 valence electrons. The molecule has 0 aliphatic carbocycles. The lowest BCUT2D eigenvalue weighted by Crippen LogP contribution is -2.39. The summed E-state index contributed by atoms with van der Waals surface area (Å²) in [5.74, 6) is -0.294. The van der Waals surface area contributed by atoms with Crippen LogP contribution < -0.4 is 5.32 Å². The van der Waals surface area contributed by atoms with Crippen LogP contribution in [0.2, 0.25) is 0 Å². The Hall–Kier alpha value is -2.99. The molecule has 0 saturated heterocycles. The van der Waals surface area contributed by atoms with Crippen molar-refractivity contribution < 1.29 is 9.90 Å². The first-order chi connectivity index (χ1) is 11.8. The van der Waals surface area contributed by atoms with Gasteiger partial charge in [-0.1, -0.05) is 30.3 Å². The molecule has 0 bridgehead atoms. The van der Waals surface area contributed by atoms with Crippen LogP contribution in [-0.4, -0.2) is 38.8 Å². The van der Waals surface area contributed by atoms with E-state index in [1.165, 1.54) is 0 Å². The Morgan fingerprint density at radius 2 is 1.92 bits per heavy atom. The van der Waals surface area contributed by atoms with Gasteiger partial charge in [0.2, 0.25) is 0 Å². The number of hydrogen-bond acceptors (Lipinski definition) is 4. The zero-order valence-electron chi connectivity index (χ0n) is 13.0. The summed E-state index contributed by atoms with van der Waals surface area (Å²) in [4.78, 5) is 16.3. The molecule has 3 aromatic rings. The Morgan fingerprint density at radius 3 is 2.62 bits per heavy atom. The number of amides is 1. The molecule has 3 N–H and O–H groups in total. The third-order valence-electron chi connectivity index (χ3n) is 3.68. The average Bonchev–Trinajstić information content (AvgIpc) is 3.13. The van der Waals surface area contributed by atoms with Gasteiger partial charge >= 0.3 is 0 Å². The normalized spacial score (nSPS) is 11.9. The SMILES string of the molecule is O=C(NC(CO)Cc1ccccc1)c1cc(-c2ccncc2)n[nH]1. The van der Waals surface area contributed by atoms with E-state index in [1.807, 2.05) is 42.5 Å². The highest BCUT2D eigenvalue weighted by molar-refractivity contribution is 5.93. The topological polar surface area (TPSA) is 90.9 Å². The summed E-state index contributed by atoms with van der Waals surface area (Å²) in [6.07, 6.45) is 3.91. The fourth-order valence-corrected chi connectivity index (χ4v) is 2.43. The molecular formula is C18H18N4O2. The number of rotatable bonds is 6. The lowest BCUT2D eigenvalue weighted by atomic mass is 10.1. The number of aromatic nitrogens is 3. The number of nitrogens with zero attached hydrogens (tertiary/aromatic N) is 2. The van der Waals surface area contributed by atoms with Gasteiger partial charge in [-0.3, -0.25) is 14.9 Å². The minimum Gasteiger partial charge on any atom is -0.394 e. The lowest BCUT2D eigenvalue weighted by Gasteiger charge is -2.15. The quantitative estimate of drug-likeness (QED) is 0.645. The van der Waals surface area contributed by atoms with E-state index in [4.69, 9.17) is 0 Å². The van der Waals surface area contributed by atoms with Gasteiger partial charge in [-0.05, 0) is 30.2 Å². The number of nitrogens with one attached hydrogen (secondary N) is 2. The first-order valence-corrected chi connectivity index (χ1v) is 7.67. The number of aromatic amines is 1. The molecule has 0 radical (unpaired) electrons. The zero-order valence-corrected chi connectivity index (χ0v) is 13.0. The van der Waals surface area contributed by atoms with E-state index in [9.17, 15) is 9.90 Å². The van der Waals surface area contributed by atoms with Crippen molar-refractivity contribution in [3.63, 3.8) is 0 Å². The van der Waals surface area contributed by atoms with E-state index in [1.54, 1.807) is 18.5 Å². The fraction of sp³-hybridized carbons (Fsp3) is 0.167. The number of aliphatic hydroxyl groups is 1. The van der Waals surface area contributed by atoms with E-state index in [2.05, 4.69) is 20.5 Å². The number of benzene rings is 1. The Labute approximate surface area is 139 Å². The Bertz CT molecular complexity index is 787. The van der Waals surface area contributed by atoms with Gasteiger partial charge in [0, 0.05) is 18.0 Å². The van der Waals surface area contributed by atoms with Gasteiger partial charge in [0.05, 0.1) is 18.3 Å². The molecule has 0 saturated carbocycles. The first-order valence-electron chi connectivity index (χ1n) is 7.67. The van der Waals surface area contributed by atoms with Gasteiger partial charge in [0.25, 0.3) is 5.91 Å². The molecule has 1 unspecified atom stereocenters.